The third-order valence-electron chi connectivity index (χ3n) is 6.11. The van der Waals surface area contributed by atoms with Gasteiger partial charge in [0.2, 0.25) is 0 Å². The van der Waals surface area contributed by atoms with Crippen molar-refractivity contribution >= 4 is 23.1 Å². The van der Waals surface area contributed by atoms with Crippen molar-refractivity contribution in [2.75, 3.05) is 12.4 Å². The summed E-state index contributed by atoms with van der Waals surface area (Å²) in [6.45, 7) is 6.12. The van der Waals surface area contributed by atoms with Crippen molar-refractivity contribution in [2.24, 2.45) is 0 Å². The molecule has 0 bridgehead atoms. The zero-order chi connectivity index (χ0) is 25.7. The van der Waals surface area contributed by atoms with Crippen LogP contribution in [0.15, 0.2) is 78.9 Å². The fraction of sp³-hybridized carbons (Fsp3) is 0.267. The molecule has 0 spiro atoms. The number of benzene rings is 3. The molecule has 2 N–H and O–H groups in total. The van der Waals surface area contributed by atoms with Gasteiger partial charge in [-0.3, -0.25) is 9.59 Å². The van der Waals surface area contributed by atoms with E-state index < -0.39 is 6.10 Å². The number of carbonyl (C=O) groups is 2. The first-order chi connectivity index (χ1) is 17.3. The number of hydrogen-bond donors (Lipinski definition) is 2. The van der Waals surface area contributed by atoms with Gasteiger partial charge in [0.15, 0.2) is 11.9 Å². The molecule has 0 aliphatic carbocycles. The molecular formula is C30H32N2O4. The molecule has 0 radical (unpaired) electrons. The molecule has 1 unspecified atom stereocenters. The molecule has 1 heterocycles. The molecule has 0 aromatic heterocycles. The number of nitrogens with one attached hydrogen (secondary N) is 2. The van der Waals surface area contributed by atoms with Crippen LogP contribution in [0.4, 0.5) is 5.69 Å². The van der Waals surface area contributed by atoms with Crippen LogP contribution in [0.25, 0.3) is 5.70 Å². The maximum Gasteiger partial charge on any atom is 0.265 e. The SMILES string of the molecule is CCC(Oc1ccccc1)C(=O)Nc1ccc(C(=O)/C=C2\NC(C)(C)Cc3ccc(OC)cc32)cc1. The Balaban J connectivity index is 1.48. The maximum atomic E-state index is 13.1. The minimum Gasteiger partial charge on any atom is -0.497 e. The number of allylic oxidation sites excluding steroid dienone is 1. The van der Waals surface area contributed by atoms with Crippen LogP contribution in [-0.4, -0.2) is 30.4 Å². The number of rotatable bonds is 8. The van der Waals surface area contributed by atoms with E-state index in [0.29, 0.717) is 23.4 Å². The maximum absolute atomic E-state index is 13.1. The highest BCUT2D eigenvalue weighted by Crippen LogP contribution is 2.32. The summed E-state index contributed by atoms with van der Waals surface area (Å²) in [5.41, 5.74) is 3.86. The molecule has 186 valence electrons. The molecule has 4 rings (SSSR count). The number of para-hydroxylation sites is 1. The second kappa shape index (κ2) is 10.7. The van der Waals surface area contributed by atoms with E-state index in [1.54, 1.807) is 37.5 Å². The van der Waals surface area contributed by atoms with Crippen LogP contribution in [-0.2, 0) is 11.2 Å². The normalized spacial score (nSPS) is 15.8. The summed E-state index contributed by atoms with van der Waals surface area (Å²) in [5.74, 6) is 1.03. The predicted octanol–water partition coefficient (Wildman–Crippen LogP) is 5.64. The number of ether oxygens (including phenoxy) is 2. The topological polar surface area (TPSA) is 76.7 Å². The fourth-order valence-corrected chi connectivity index (χ4v) is 4.29. The van der Waals surface area contributed by atoms with Crippen LogP contribution >= 0.6 is 0 Å². The molecular weight excluding hydrogens is 452 g/mol. The van der Waals surface area contributed by atoms with Gasteiger partial charge in [-0.1, -0.05) is 31.2 Å². The summed E-state index contributed by atoms with van der Waals surface area (Å²) < 4.78 is 11.2. The van der Waals surface area contributed by atoms with E-state index in [2.05, 4.69) is 30.5 Å². The molecule has 0 saturated heterocycles. The van der Waals surface area contributed by atoms with Gasteiger partial charge in [0.25, 0.3) is 5.91 Å². The summed E-state index contributed by atoms with van der Waals surface area (Å²) in [5, 5.41) is 6.37. The fourth-order valence-electron chi connectivity index (χ4n) is 4.29. The van der Waals surface area contributed by atoms with Crippen molar-refractivity contribution in [3.63, 3.8) is 0 Å². The van der Waals surface area contributed by atoms with Gasteiger partial charge >= 0.3 is 0 Å². The van der Waals surface area contributed by atoms with E-state index in [1.807, 2.05) is 49.4 Å². The number of fused-ring (bicyclic) bond motifs is 1. The number of ketones is 1. The molecule has 36 heavy (non-hydrogen) atoms. The minimum atomic E-state index is -0.615. The highest BCUT2D eigenvalue weighted by molar-refractivity contribution is 6.09. The summed E-state index contributed by atoms with van der Waals surface area (Å²) >= 11 is 0. The Bertz CT molecular complexity index is 1260. The van der Waals surface area contributed by atoms with Crippen LogP contribution in [0.2, 0.25) is 0 Å². The van der Waals surface area contributed by atoms with Crippen LogP contribution in [0, 0.1) is 0 Å². The van der Waals surface area contributed by atoms with Gasteiger partial charge in [-0.25, -0.2) is 0 Å². The second-order valence-corrected chi connectivity index (χ2v) is 9.53. The highest BCUT2D eigenvalue weighted by atomic mass is 16.5. The lowest BCUT2D eigenvalue weighted by Gasteiger charge is -2.35. The Labute approximate surface area is 212 Å². The van der Waals surface area contributed by atoms with Crippen molar-refractivity contribution < 1.29 is 19.1 Å². The first kappa shape index (κ1) is 25.0. The first-order valence-electron chi connectivity index (χ1n) is 12.1. The Morgan fingerprint density at radius 1 is 1.03 bits per heavy atom. The van der Waals surface area contributed by atoms with E-state index in [4.69, 9.17) is 9.47 Å². The lowest BCUT2D eigenvalue weighted by Crippen LogP contribution is -2.43. The van der Waals surface area contributed by atoms with E-state index in [9.17, 15) is 9.59 Å². The van der Waals surface area contributed by atoms with E-state index in [0.717, 1.165) is 23.4 Å². The van der Waals surface area contributed by atoms with Crippen molar-refractivity contribution in [3.05, 3.63) is 95.6 Å². The average Bonchev–Trinajstić information content (AvgIpc) is 2.87. The smallest absolute Gasteiger partial charge is 0.265 e. The van der Waals surface area contributed by atoms with Crippen molar-refractivity contribution in [3.8, 4) is 11.5 Å². The Morgan fingerprint density at radius 2 is 1.75 bits per heavy atom. The van der Waals surface area contributed by atoms with Crippen LogP contribution in [0.1, 0.15) is 48.7 Å². The molecule has 1 aliphatic rings. The van der Waals surface area contributed by atoms with Gasteiger partial charge < -0.3 is 20.1 Å². The van der Waals surface area contributed by atoms with Gasteiger partial charge in [0.1, 0.15) is 11.5 Å². The number of methoxy groups -OCH3 is 1. The standard InChI is InChI=1S/C30H32N2O4/c1-5-28(36-23-9-7-6-8-10-23)29(34)31-22-14-11-20(12-15-22)27(33)18-26-25-17-24(35-4)16-13-21(25)19-30(2,3)32-26/h6-18,28,32H,5,19H2,1-4H3,(H,31,34)/b26-18-. The number of anilines is 1. The Kier molecular flexibility index (Phi) is 7.44. The van der Waals surface area contributed by atoms with Gasteiger partial charge in [-0.2, -0.15) is 0 Å². The van der Waals surface area contributed by atoms with E-state index in [-0.39, 0.29) is 17.2 Å². The lowest BCUT2D eigenvalue weighted by atomic mass is 9.85. The third kappa shape index (κ3) is 5.95. The molecule has 0 fully saturated rings. The van der Waals surface area contributed by atoms with Gasteiger partial charge in [0, 0.05) is 34.1 Å². The first-order valence-corrected chi connectivity index (χ1v) is 12.1. The number of carbonyl (C=O) groups excluding carboxylic acids is 2. The van der Waals surface area contributed by atoms with E-state index >= 15 is 0 Å². The van der Waals surface area contributed by atoms with Gasteiger partial charge in [-0.05, 0) is 80.8 Å². The number of amides is 1. The minimum absolute atomic E-state index is 0.124. The summed E-state index contributed by atoms with van der Waals surface area (Å²) in [7, 11) is 1.63. The molecule has 1 atom stereocenters. The number of hydrogen-bond acceptors (Lipinski definition) is 5. The summed E-state index contributed by atoms with van der Waals surface area (Å²) in [6, 6.07) is 22.1. The predicted molar refractivity (Wildman–Crippen MR) is 142 cm³/mol. The molecule has 1 aliphatic heterocycles. The summed E-state index contributed by atoms with van der Waals surface area (Å²) in [4.78, 5) is 25.9. The zero-order valence-corrected chi connectivity index (χ0v) is 21.1. The lowest BCUT2D eigenvalue weighted by molar-refractivity contribution is -0.122. The molecule has 1 amide bonds. The molecule has 3 aromatic carbocycles. The molecule has 6 nitrogen and oxygen atoms in total. The van der Waals surface area contributed by atoms with Crippen molar-refractivity contribution in [2.45, 2.75) is 45.3 Å². The second-order valence-electron chi connectivity index (χ2n) is 9.53. The molecule has 3 aromatic rings. The Hall–Kier alpha value is -4.06. The summed E-state index contributed by atoms with van der Waals surface area (Å²) in [6.07, 6.45) is 2.39. The third-order valence-corrected chi connectivity index (χ3v) is 6.11. The van der Waals surface area contributed by atoms with Gasteiger partial charge in [-0.15, -0.1) is 0 Å². The van der Waals surface area contributed by atoms with Crippen molar-refractivity contribution in [1.82, 2.24) is 5.32 Å². The quantitative estimate of drug-likeness (QED) is 0.320. The molecule has 6 heteroatoms. The monoisotopic (exact) mass is 484 g/mol. The molecule has 0 saturated carbocycles. The van der Waals surface area contributed by atoms with Crippen LogP contribution in [0.5, 0.6) is 11.5 Å². The van der Waals surface area contributed by atoms with Crippen LogP contribution in [0.3, 0.4) is 0 Å². The Morgan fingerprint density at radius 3 is 2.42 bits per heavy atom. The van der Waals surface area contributed by atoms with Crippen molar-refractivity contribution in [1.29, 1.82) is 0 Å². The van der Waals surface area contributed by atoms with Crippen LogP contribution < -0.4 is 20.1 Å². The highest BCUT2D eigenvalue weighted by Gasteiger charge is 2.28. The zero-order valence-electron chi connectivity index (χ0n) is 21.1. The largest absolute Gasteiger partial charge is 0.497 e. The van der Waals surface area contributed by atoms with Gasteiger partial charge in [0.05, 0.1) is 7.11 Å². The average molecular weight is 485 g/mol. The van der Waals surface area contributed by atoms with E-state index in [1.165, 1.54) is 5.56 Å².